The van der Waals surface area contributed by atoms with E-state index < -0.39 is 0 Å². The number of likely N-dealkylation sites (tertiary alicyclic amines) is 1. The fourth-order valence-corrected chi connectivity index (χ4v) is 3.37. The van der Waals surface area contributed by atoms with Crippen molar-refractivity contribution in [3.63, 3.8) is 0 Å². The Labute approximate surface area is 138 Å². The van der Waals surface area contributed by atoms with Gasteiger partial charge < -0.3 is 15.5 Å². The zero-order valence-electron chi connectivity index (χ0n) is 13.9. The molecular formula is C16H29N5S. The summed E-state index contributed by atoms with van der Waals surface area (Å²) in [6, 6.07) is 0. The Morgan fingerprint density at radius 1 is 1.27 bits per heavy atom. The molecule has 0 spiro atoms. The number of nitrogens with one attached hydrogen (secondary N) is 2. The molecule has 0 bridgehead atoms. The van der Waals surface area contributed by atoms with Crippen molar-refractivity contribution in [3.8, 4) is 0 Å². The van der Waals surface area contributed by atoms with Crippen molar-refractivity contribution in [1.29, 1.82) is 0 Å². The maximum absolute atomic E-state index is 4.47. The summed E-state index contributed by atoms with van der Waals surface area (Å²) in [7, 11) is 1.83. The average Bonchev–Trinajstić information content (AvgIpc) is 3.17. The molecular weight excluding hydrogens is 294 g/mol. The van der Waals surface area contributed by atoms with Gasteiger partial charge in [-0.2, -0.15) is 0 Å². The minimum Gasteiger partial charge on any atom is -0.356 e. The number of aryl methyl sites for hydroxylation is 1. The summed E-state index contributed by atoms with van der Waals surface area (Å²) in [6.45, 7) is 7.75. The van der Waals surface area contributed by atoms with Crippen LogP contribution >= 0.6 is 11.3 Å². The first-order valence-corrected chi connectivity index (χ1v) is 9.24. The van der Waals surface area contributed by atoms with Crippen LogP contribution in [0.5, 0.6) is 0 Å². The summed E-state index contributed by atoms with van der Waals surface area (Å²) in [5.74, 6) is 0.896. The predicted octanol–water partition coefficient (Wildman–Crippen LogP) is 2.04. The molecule has 1 fully saturated rings. The molecule has 1 aromatic heterocycles. The smallest absolute Gasteiger partial charge is 0.190 e. The second-order valence-electron chi connectivity index (χ2n) is 5.79. The Bertz CT molecular complexity index is 451. The topological polar surface area (TPSA) is 52.6 Å². The molecule has 1 aromatic rings. The van der Waals surface area contributed by atoms with Crippen LogP contribution in [0.4, 0.5) is 0 Å². The summed E-state index contributed by atoms with van der Waals surface area (Å²) in [4.78, 5) is 11.3. The van der Waals surface area contributed by atoms with E-state index in [1.165, 1.54) is 45.3 Å². The van der Waals surface area contributed by atoms with E-state index in [1.807, 2.05) is 14.0 Å². The van der Waals surface area contributed by atoms with Gasteiger partial charge in [0.05, 0.1) is 10.7 Å². The summed E-state index contributed by atoms with van der Waals surface area (Å²) in [5.41, 5.74) is 1.16. The first-order chi connectivity index (χ1) is 10.8. The molecule has 0 radical (unpaired) electrons. The molecule has 0 aromatic carbocycles. The molecule has 1 aliphatic heterocycles. The lowest BCUT2D eigenvalue weighted by atomic mass is 10.3. The van der Waals surface area contributed by atoms with Gasteiger partial charge in [-0.15, -0.1) is 11.3 Å². The van der Waals surface area contributed by atoms with Crippen LogP contribution in [0.15, 0.2) is 10.4 Å². The largest absolute Gasteiger partial charge is 0.356 e. The lowest BCUT2D eigenvalue weighted by Gasteiger charge is -2.15. The molecule has 0 saturated carbocycles. The molecule has 2 rings (SSSR count). The van der Waals surface area contributed by atoms with E-state index in [1.54, 1.807) is 11.3 Å². The number of hydrogen-bond acceptors (Lipinski definition) is 4. The number of aromatic nitrogens is 1. The van der Waals surface area contributed by atoms with E-state index in [0.29, 0.717) is 0 Å². The van der Waals surface area contributed by atoms with Crippen molar-refractivity contribution >= 4 is 17.3 Å². The molecule has 1 saturated heterocycles. The van der Waals surface area contributed by atoms with Gasteiger partial charge in [0.25, 0.3) is 0 Å². The Hall–Kier alpha value is -1.14. The van der Waals surface area contributed by atoms with Crippen LogP contribution < -0.4 is 10.6 Å². The first-order valence-electron chi connectivity index (χ1n) is 8.36. The number of aliphatic imine (C=N–C) groups is 1. The van der Waals surface area contributed by atoms with Gasteiger partial charge in [0.1, 0.15) is 0 Å². The summed E-state index contributed by atoms with van der Waals surface area (Å²) >= 11 is 1.71. The van der Waals surface area contributed by atoms with Crippen molar-refractivity contribution in [1.82, 2.24) is 20.5 Å². The van der Waals surface area contributed by atoms with E-state index in [0.717, 1.165) is 36.2 Å². The summed E-state index contributed by atoms with van der Waals surface area (Å²) in [6.07, 6.45) is 6.17. The van der Waals surface area contributed by atoms with E-state index in [4.69, 9.17) is 0 Å². The van der Waals surface area contributed by atoms with Crippen LogP contribution in [0.25, 0.3) is 0 Å². The van der Waals surface area contributed by atoms with Crippen LogP contribution in [0, 0.1) is 6.92 Å². The van der Waals surface area contributed by atoms with E-state index in [9.17, 15) is 0 Å². The van der Waals surface area contributed by atoms with Crippen LogP contribution in [-0.2, 0) is 6.42 Å². The Kier molecular flexibility index (Phi) is 7.66. The van der Waals surface area contributed by atoms with Gasteiger partial charge >= 0.3 is 0 Å². The molecule has 2 heterocycles. The highest BCUT2D eigenvalue weighted by atomic mass is 32.1. The van der Waals surface area contributed by atoms with Crippen LogP contribution in [-0.4, -0.2) is 55.6 Å². The highest BCUT2D eigenvalue weighted by Gasteiger charge is 2.10. The van der Waals surface area contributed by atoms with Gasteiger partial charge in [0.15, 0.2) is 5.96 Å². The van der Waals surface area contributed by atoms with Crippen molar-refractivity contribution < 1.29 is 0 Å². The Balaban J connectivity index is 1.51. The minimum absolute atomic E-state index is 0.872. The quantitative estimate of drug-likeness (QED) is 0.437. The highest BCUT2D eigenvalue weighted by Crippen LogP contribution is 2.08. The normalized spacial score (nSPS) is 16.2. The van der Waals surface area contributed by atoms with Crippen LogP contribution in [0.1, 0.15) is 36.4 Å². The van der Waals surface area contributed by atoms with Gasteiger partial charge in [-0.05, 0) is 52.2 Å². The lowest BCUT2D eigenvalue weighted by Crippen LogP contribution is -2.38. The fraction of sp³-hybridized carbons (Fsp3) is 0.750. The van der Waals surface area contributed by atoms with Gasteiger partial charge in [-0.3, -0.25) is 4.99 Å². The van der Waals surface area contributed by atoms with Crippen LogP contribution in [0.2, 0.25) is 0 Å². The molecule has 124 valence electrons. The maximum Gasteiger partial charge on any atom is 0.190 e. The molecule has 5 nitrogen and oxygen atoms in total. The SMILES string of the molecule is CN=C(NCCCCN1CCCC1)NCCc1csc(C)n1. The van der Waals surface area contributed by atoms with Gasteiger partial charge in [0, 0.05) is 31.9 Å². The molecule has 0 atom stereocenters. The van der Waals surface area contributed by atoms with Crippen molar-refractivity contribution in [2.45, 2.75) is 39.0 Å². The van der Waals surface area contributed by atoms with E-state index in [2.05, 4.69) is 30.9 Å². The summed E-state index contributed by atoms with van der Waals surface area (Å²) < 4.78 is 0. The maximum atomic E-state index is 4.47. The predicted molar refractivity (Wildman–Crippen MR) is 94.8 cm³/mol. The number of rotatable bonds is 8. The van der Waals surface area contributed by atoms with E-state index >= 15 is 0 Å². The summed E-state index contributed by atoms with van der Waals surface area (Å²) in [5, 5.41) is 10.0. The minimum atomic E-state index is 0.872. The number of guanidine groups is 1. The van der Waals surface area contributed by atoms with Gasteiger partial charge in [-0.25, -0.2) is 4.98 Å². The number of nitrogens with zero attached hydrogens (tertiary/aromatic N) is 3. The monoisotopic (exact) mass is 323 g/mol. The van der Waals surface area contributed by atoms with Crippen molar-refractivity contribution in [2.24, 2.45) is 4.99 Å². The molecule has 0 aliphatic carbocycles. The molecule has 2 N–H and O–H groups in total. The Morgan fingerprint density at radius 2 is 2.05 bits per heavy atom. The zero-order valence-corrected chi connectivity index (χ0v) is 14.7. The first kappa shape index (κ1) is 17.2. The fourth-order valence-electron chi connectivity index (χ4n) is 2.73. The van der Waals surface area contributed by atoms with Crippen LogP contribution in [0.3, 0.4) is 0 Å². The third-order valence-corrected chi connectivity index (χ3v) is 4.78. The second kappa shape index (κ2) is 9.79. The van der Waals surface area contributed by atoms with Gasteiger partial charge in [0.2, 0.25) is 0 Å². The molecule has 1 aliphatic rings. The molecule has 0 unspecified atom stereocenters. The van der Waals surface area contributed by atoms with Gasteiger partial charge in [-0.1, -0.05) is 0 Å². The second-order valence-corrected chi connectivity index (χ2v) is 6.85. The lowest BCUT2D eigenvalue weighted by molar-refractivity contribution is 0.330. The number of unbranched alkanes of at least 4 members (excludes halogenated alkanes) is 1. The Morgan fingerprint density at radius 3 is 2.73 bits per heavy atom. The molecule has 22 heavy (non-hydrogen) atoms. The van der Waals surface area contributed by atoms with Crippen molar-refractivity contribution in [2.75, 3.05) is 39.8 Å². The molecule has 6 heteroatoms. The van der Waals surface area contributed by atoms with Crippen molar-refractivity contribution in [3.05, 3.63) is 16.1 Å². The standard InChI is InChI=1S/C16H29N5S/c1-14-20-15(13-22-14)7-9-19-16(17-2)18-8-3-4-10-21-11-5-6-12-21/h13H,3-12H2,1-2H3,(H2,17,18,19). The zero-order chi connectivity index (χ0) is 15.6. The number of hydrogen-bond donors (Lipinski definition) is 2. The van der Waals surface area contributed by atoms with E-state index in [-0.39, 0.29) is 0 Å². The highest BCUT2D eigenvalue weighted by molar-refractivity contribution is 7.09. The molecule has 0 amide bonds. The number of thiazole rings is 1. The average molecular weight is 324 g/mol. The third-order valence-electron chi connectivity index (χ3n) is 3.96. The third kappa shape index (κ3) is 6.32.